The molecule has 2 rings (SSSR count). The van der Waals surface area contributed by atoms with Crippen LogP contribution >= 0.6 is 0 Å². The summed E-state index contributed by atoms with van der Waals surface area (Å²) in [6.45, 7) is 0.988. The average Bonchev–Trinajstić information content (AvgIpc) is 2.17. The van der Waals surface area contributed by atoms with Crippen LogP contribution in [-0.4, -0.2) is 18.9 Å². The van der Waals surface area contributed by atoms with Crippen molar-refractivity contribution in [1.82, 2.24) is 0 Å². The Morgan fingerprint density at radius 3 is 3.08 bits per heavy atom. The number of aliphatic imine (C=N–C) groups is 1. The number of para-hydroxylation sites is 2. The maximum Gasteiger partial charge on any atom is 0.145 e. The molecule has 0 spiro atoms. The number of hydrogen-bond acceptors (Lipinski definition) is 3. The highest BCUT2D eigenvalue weighted by atomic mass is 16.5. The molecular weight excluding hydrogens is 152 g/mol. The Morgan fingerprint density at radius 1 is 1.42 bits per heavy atom. The molecular formula is C9H10N2O. The zero-order valence-corrected chi connectivity index (χ0v) is 6.66. The molecule has 1 aliphatic rings. The first-order chi connectivity index (χ1) is 5.90. The van der Waals surface area contributed by atoms with E-state index in [9.17, 15) is 0 Å². The second kappa shape index (κ2) is 2.95. The van der Waals surface area contributed by atoms with Gasteiger partial charge in [-0.25, -0.2) is 4.99 Å². The lowest BCUT2D eigenvalue weighted by Crippen LogP contribution is -2.23. The largest absolute Gasteiger partial charge is 0.485 e. The molecule has 0 atom stereocenters. The molecule has 12 heavy (non-hydrogen) atoms. The van der Waals surface area contributed by atoms with Crippen LogP contribution < -0.4 is 10.5 Å². The summed E-state index contributed by atoms with van der Waals surface area (Å²) in [5, 5.41) is 0. The smallest absolute Gasteiger partial charge is 0.145 e. The van der Waals surface area contributed by atoms with E-state index in [0.29, 0.717) is 13.2 Å². The first-order valence-corrected chi connectivity index (χ1v) is 3.88. The van der Waals surface area contributed by atoms with Gasteiger partial charge in [-0.3, -0.25) is 0 Å². The Morgan fingerprint density at radius 2 is 2.25 bits per heavy atom. The van der Waals surface area contributed by atoms with Crippen molar-refractivity contribution in [3.8, 4) is 5.75 Å². The summed E-state index contributed by atoms with van der Waals surface area (Å²) in [4.78, 5) is 4.33. The SMILES string of the molecule is NCC1=Nc2ccccc2OC1. The van der Waals surface area contributed by atoms with Crippen molar-refractivity contribution in [2.24, 2.45) is 10.7 Å². The van der Waals surface area contributed by atoms with Gasteiger partial charge in [-0.05, 0) is 12.1 Å². The van der Waals surface area contributed by atoms with Crippen LogP contribution in [0.4, 0.5) is 5.69 Å². The van der Waals surface area contributed by atoms with Crippen LogP contribution in [0.1, 0.15) is 0 Å². The Balaban J connectivity index is 2.41. The predicted octanol–water partition coefficient (Wildman–Crippen LogP) is 1.11. The van der Waals surface area contributed by atoms with E-state index in [1.54, 1.807) is 0 Å². The van der Waals surface area contributed by atoms with Crippen molar-refractivity contribution < 1.29 is 4.74 Å². The quantitative estimate of drug-likeness (QED) is 0.672. The first kappa shape index (κ1) is 7.31. The van der Waals surface area contributed by atoms with Crippen LogP contribution in [0.3, 0.4) is 0 Å². The van der Waals surface area contributed by atoms with Gasteiger partial charge in [-0.2, -0.15) is 0 Å². The van der Waals surface area contributed by atoms with Gasteiger partial charge in [-0.1, -0.05) is 12.1 Å². The van der Waals surface area contributed by atoms with E-state index in [2.05, 4.69) is 4.99 Å². The van der Waals surface area contributed by atoms with E-state index in [0.717, 1.165) is 17.1 Å². The molecule has 1 aliphatic heterocycles. The number of nitrogens with zero attached hydrogens (tertiary/aromatic N) is 1. The van der Waals surface area contributed by atoms with Crippen molar-refractivity contribution in [3.05, 3.63) is 24.3 Å². The highest BCUT2D eigenvalue weighted by molar-refractivity contribution is 5.91. The Bertz CT molecular complexity index is 320. The second-order valence-corrected chi connectivity index (χ2v) is 2.64. The highest BCUT2D eigenvalue weighted by Gasteiger charge is 2.09. The van der Waals surface area contributed by atoms with Crippen molar-refractivity contribution >= 4 is 11.4 Å². The van der Waals surface area contributed by atoms with Gasteiger partial charge in [0.25, 0.3) is 0 Å². The molecule has 0 aromatic heterocycles. The fourth-order valence-corrected chi connectivity index (χ4v) is 1.14. The van der Waals surface area contributed by atoms with Crippen LogP contribution in [0, 0.1) is 0 Å². The van der Waals surface area contributed by atoms with Crippen LogP contribution in [0.5, 0.6) is 5.75 Å². The molecule has 0 radical (unpaired) electrons. The van der Waals surface area contributed by atoms with Gasteiger partial charge in [0, 0.05) is 6.54 Å². The molecule has 1 aromatic carbocycles. The second-order valence-electron chi connectivity index (χ2n) is 2.64. The van der Waals surface area contributed by atoms with Gasteiger partial charge in [0.2, 0.25) is 0 Å². The number of fused-ring (bicyclic) bond motifs is 1. The number of benzene rings is 1. The summed E-state index contributed by atoms with van der Waals surface area (Å²) in [5.41, 5.74) is 7.23. The number of nitrogens with two attached hydrogens (primary N) is 1. The molecule has 62 valence electrons. The van der Waals surface area contributed by atoms with Gasteiger partial charge in [0.15, 0.2) is 0 Å². The Kier molecular flexibility index (Phi) is 1.80. The molecule has 3 heteroatoms. The molecule has 3 nitrogen and oxygen atoms in total. The van der Waals surface area contributed by atoms with E-state index < -0.39 is 0 Å². The summed E-state index contributed by atoms with van der Waals surface area (Å²) in [5.74, 6) is 0.842. The average molecular weight is 162 g/mol. The van der Waals surface area contributed by atoms with E-state index in [4.69, 9.17) is 10.5 Å². The van der Waals surface area contributed by atoms with Gasteiger partial charge in [-0.15, -0.1) is 0 Å². The summed E-state index contributed by atoms with van der Waals surface area (Å²) >= 11 is 0. The maximum atomic E-state index is 5.45. The van der Waals surface area contributed by atoms with Crippen LogP contribution in [0.25, 0.3) is 0 Å². The lowest BCUT2D eigenvalue weighted by molar-refractivity contribution is 0.371. The van der Waals surface area contributed by atoms with Crippen molar-refractivity contribution in [3.63, 3.8) is 0 Å². The summed E-state index contributed by atoms with van der Waals surface area (Å²) < 4.78 is 5.42. The van der Waals surface area contributed by atoms with Gasteiger partial charge in [0.1, 0.15) is 18.0 Å². The standard InChI is InChI=1S/C9H10N2O/c10-5-7-6-12-9-4-2-1-3-8(9)11-7/h1-4H,5-6,10H2. The zero-order chi connectivity index (χ0) is 8.39. The normalized spacial score (nSPS) is 14.6. The number of rotatable bonds is 1. The summed E-state index contributed by atoms with van der Waals surface area (Å²) in [6.07, 6.45) is 0. The first-order valence-electron chi connectivity index (χ1n) is 3.88. The van der Waals surface area contributed by atoms with Crippen LogP contribution in [-0.2, 0) is 0 Å². The number of ether oxygens (including phenoxy) is 1. The molecule has 0 saturated heterocycles. The predicted molar refractivity (Wildman–Crippen MR) is 48.1 cm³/mol. The summed E-state index contributed by atoms with van der Waals surface area (Å²) in [6, 6.07) is 7.70. The molecule has 1 heterocycles. The fourth-order valence-electron chi connectivity index (χ4n) is 1.14. The monoisotopic (exact) mass is 162 g/mol. The minimum absolute atomic E-state index is 0.467. The molecule has 2 N–H and O–H groups in total. The van der Waals surface area contributed by atoms with Gasteiger partial charge < -0.3 is 10.5 Å². The molecule has 0 bridgehead atoms. The number of hydrogen-bond donors (Lipinski definition) is 1. The Hall–Kier alpha value is -1.35. The van der Waals surface area contributed by atoms with Crippen molar-refractivity contribution in [2.75, 3.05) is 13.2 Å². The minimum atomic E-state index is 0.467. The Labute approximate surface area is 70.9 Å². The van der Waals surface area contributed by atoms with Crippen molar-refractivity contribution in [2.45, 2.75) is 0 Å². The van der Waals surface area contributed by atoms with Crippen molar-refractivity contribution in [1.29, 1.82) is 0 Å². The molecule has 0 fully saturated rings. The van der Waals surface area contributed by atoms with Gasteiger partial charge in [0.05, 0.1) is 5.71 Å². The van der Waals surface area contributed by atoms with E-state index in [-0.39, 0.29) is 0 Å². The maximum absolute atomic E-state index is 5.45. The van der Waals surface area contributed by atoms with Crippen LogP contribution in [0.15, 0.2) is 29.3 Å². The fraction of sp³-hybridized carbons (Fsp3) is 0.222. The van der Waals surface area contributed by atoms with Gasteiger partial charge >= 0.3 is 0 Å². The third-order valence-electron chi connectivity index (χ3n) is 1.77. The topological polar surface area (TPSA) is 47.6 Å². The molecule has 0 saturated carbocycles. The van der Waals surface area contributed by atoms with Crippen LogP contribution in [0.2, 0.25) is 0 Å². The summed E-state index contributed by atoms with van der Waals surface area (Å²) in [7, 11) is 0. The molecule has 0 aliphatic carbocycles. The van der Waals surface area contributed by atoms with E-state index >= 15 is 0 Å². The highest BCUT2D eigenvalue weighted by Crippen LogP contribution is 2.29. The minimum Gasteiger partial charge on any atom is -0.485 e. The third-order valence-corrected chi connectivity index (χ3v) is 1.77. The van der Waals surface area contributed by atoms with E-state index in [1.807, 2.05) is 24.3 Å². The molecule has 0 unspecified atom stereocenters. The lowest BCUT2D eigenvalue weighted by Gasteiger charge is -2.15. The zero-order valence-electron chi connectivity index (χ0n) is 6.66. The molecule has 0 amide bonds. The lowest BCUT2D eigenvalue weighted by atomic mass is 10.2. The third kappa shape index (κ3) is 1.19. The molecule has 1 aromatic rings. The van der Waals surface area contributed by atoms with E-state index in [1.165, 1.54) is 0 Å².